The molecule has 4 rings (SSSR count). The maximum atomic E-state index is 14.2. The van der Waals surface area contributed by atoms with Gasteiger partial charge in [0.2, 0.25) is 5.95 Å². The highest BCUT2D eigenvalue weighted by molar-refractivity contribution is 7.57. The largest absolute Gasteiger partial charge is 0.462 e. The van der Waals surface area contributed by atoms with E-state index in [0.29, 0.717) is 5.57 Å². The number of esters is 1. The molecule has 2 aromatic heterocycles. The topological polar surface area (TPSA) is 195 Å². The molecular weight excluding hydrogens is 515 g/mol. The molecule has 2 unspecified atom stereocenters. The number of nitrogens with two attached hydrogens (primary N) is 1. The van der Waals surface area contributed by atoms with Gasteiger partial charge in [0, 0.05) is 5.92 Å². The third-order valence-corrected chi connectivity index (χ3v) is 8.50. The first-order chi connectivity index (χ1) is 17.9. The number of para-hydroxylation sites is 1. The van der Waals surface area contributed by atoms with Crippen LogP contribution < -0.4 is 20.9 Å². The Morgan fingerprint density at radius 1 is 1.32 bits per heavy atom. The number of H-pyrrole nitrogens is 1. The van der Waals surface area contributed by atoms with Crippen LogP contribution in [0.1, 0.15) is 33.2 Å². The lowest BCUT2D eigenvalue weighted by atomic mass is 10.0. The van der Waals surface area contributed by atoms with Crippen molar-refractivity contribution in [1.29, 1.82) is 0 Å². The van der Waals surface area contributed by atoms with Crippen molar-refractivity contribution in [3.8, 4) is 5.75 Å². The molecule has 0 aliphatic heterocycles. The number of hydrogen-bond donors (Lipinski definition) is 5. The van der Waals surface area contributed by atoms with Crippen molar-refractivity contribution in [1.82, 2.24) is 24.6 Å². The molecule has 0 bridgehead atoms. The van der Waals surface area contributed by atoms with E-state index in [4.69, 9.17) is 15.0 Å². The number of aromatic amines is 1. The molecule has 6 N–H and O–H groups in total. The van der Waals surface area contributed by atoms with Crippen LogP contribution in [0.4, 0.5) is 5.95 Å². The molecule has 3 aromatic rings. The molecule has 1 fully saturated rings. The lowest BCUT2D eigenvalue weighted by Crippen LogP contribution is -2.41. The lowest BCUT2D eigenvalue weighted by molar-refractivity contribution is -0.149. The van der Waals surface area contributed by atoms with Crippen LogP contribution in [-0.2, 0) is 14.1 Å². The summed E-state index contributed by atoms with van der Waals surface area (Å²) in [6.07, 6.45) is -0.197. The number of hydrogen-bond acceptors (Lipinski definition) is 10. The predicted molar refractivity (Wildman–Crippen MR) is 139 cm³/mol. The second kappa shape index (κ2) is 10.7. The van der Waals surface area contributed by atoms with E-state index in [1.54, 1.807) is 44.2 Å². The van der Waals surface area contributed by atoms with Crippen LogP contribution in [0, 0.1) is 5.92 Å². The number of aliphatic hydroxyl groups excluding tert-OH is 2. The van der Waals surface area contributed by atoms with Gasteiger partial charge in [-0.2, -0.15) is 4.98 Å². The summed E-state index contributed by atoms with van der Waals surface area (Å²) in [6, 6.07) is 6.38. The molecule has 1 aliphatic carbocycles. The number of nitrogens with one attached hydrogen (secondary N) is 2. The van der Waals surface area contributed by atoms with E-state index < -0.39 is 55.1 Å². The predicted octanol–water partition coefficient (Wildman–Crippen LogP) is 1.70. The van der Waals surface area contributed by atoms with Crippen molar-refractivity contribution in [3.05, 3.63) is 59.2 Å². The van der Waals surface area contributed by atoms with E-state index in [-0.39, 0.29) is 29.3 Å². The summed E-state index contributed by atoms with van der Waals surface area (Å²) in [5, 5.41) is 25.1. The van der Waals surface area contributed by atoms with Gasteiger partial charge < -0.3 is 29.8 Å². The zero-order chi connectivity index (χ0) is 27.8. The third-order valence-electron chi connectivity index (χ3n) is 6.25. The quantitative estimate of drug-likeness (QED) is 0.149. The van der Waals surface area contributed by atoms with Crippen molar-refractivity contribution in [3.63, 3.8) is 0 Å². The number of fused-ring (bicyclic) bond motifs is 1. The number of rotatable bonds is 9. The molecular formula is C24H31N6O7P. The molecule has 0 radical (unpaired) electrons. The Balaban J connectivity index is 1.67. The van der Waals surface area contributed by atoms with Crippen molar-refractivity contribution in [2.45, 2.75) is 57.3 Å². The number of aromatic nitrogens is 4. The monoisotopic (exact) mass is 546 g/mol. The molecule has 2 heterocycles. The number of benzene rings is 1. The number of carbonyl (C=O) groups excluding carboxylic acids is 1. The normalized spacial score (nSPS) is 22.8. The first-order valence-corrected chi connectivity index (χ1v) is 13.7. The fourth-order valence-corrected chi connectivity index (χ4v) is 6.72. The van der Waals surface area contributed by atoms with Crippen LogP contribution in [-0.4, -0.2) is 59.8 Å². The average molecular weight is 547 g/mol. The summed E-state index contributed by atoms with van der Waals surface area (Å²) in [5.74, 6) is -3.56. The molecule has 1 saturated carbocycles. The highest BCUT2D eigenvalue weighted by Crippen LogP contribution is 2.55. The summed E-state index contributed by atoms with van der Waals surface area (Å²) in [7, 11) is -4.31. The second-order valence-corrected chi connectivity index (χ2v) is 11.6. The van der Waals surface area contributed by atoms with E-state index in [0.717, 1.165) is 0 Å². The van der Waals surface area contributed by atoms with Gasteiger partial charge in [-0.15, -0.1) is 0 Å². The Bertz CT molecular complexity index is 1440. The van der Waals surface area contributed by atoms with Crippen molar-refractivity contribution >= 4 is 30.6 Å². The molecule has 204 valence electrons. The minimum Gasteiger partial charge on any atom is -0.462 e. The van der Waals surface area contributed by atoms with E-state index in [9.17, 15) is 24.4 Å². The fraction of sp³-hybridized carbons (Fsp3) is 0.417. The van der Waals surface area contributed by atoms with Gasteiger partial charge in [-0.05, 0) is 44.9 Å². The van der Waals surface area contributed by atoms with Gasteiger partial charge in [-0.3, -0.25) is 19.1 Å². The van der Waals surface area contributed by atoms with Crippen molar-refractivity contribution in [2.24, 2.45) is 5.92 Å². The number of anilines is 1. The first-order valence-electron chi connectivity index (χ1n) is 12.0. The standard InChI is InChI=1S/C24H31N6O7P/c1-12(2)36-22(33)14(4)29-38(35,37-15-8-6-5-7-9-15)23(34)18-13(3)16(10-17(18)31)30-11-26-19-20(30)27-24(25)28-21(19)32/h5-9,11-12,14,16-18,23,31,34H,3,10H2,1-2,4H3,(H,29,35)(H3,25,27,28,32)/t14?,16-,17-,18+,23?,38-/m0/s1. The van der Waals surface area contributed by atoms with Gasteiger partial charge in [0.05, 0.1) is 24.6 Å². The minimum atomic E-state index is -4.31. The highest BCUT2D eigenvalue weighted by Gasteiger charge is 2.51. The second-order valence-electron chi connectivity index (χ2n) is 9.45. The Labute approximate surface area is 218 Å². The Hall–Kier alpha value is -3.51. The lowest BCUT2D eigenvalue weighted by Gasteiger charge is -2.32. The highest BCUT2D eigenvalue weighted by atomic mass is 31.2. The Kier molecular flexibility index (Phi) is 7.75. The summed E-state index contributed by atoms with van der Waals surface area (Å²) in [4.78, 5) is 35.3. The van der Waals surface area contributed by atoms with Crippen molar-refractivity contribution < 1.29 is 28.8 Å². The maximum absolute atomic E-state index is 14.2. The molecule has 0 spiro atoms. The SMILES string of the molecule is C=C1[C@@H](C(O)[P@@](=O)(NC(C)C(=O)OC(C)C)Oc2ccccc2)[C@@H](O)C[C@@H]1n1cnc2c(=O)[nH]c(N)nc21. The number of imidazole rings is 1. The number of aliphatic hydroxyl groups is 2. The van der Waals surface area contributed by atoms with Crippen molar-refractivity contribution in [2.75, 3.05) is 5.73 Å². The number of nitrogens with zero attached hydrogens (tertiary/aromatic N) is 3. The third kappa shape index (κ3) is 5.37. The summed E-state index contributed by atoms with van der Waals surface area (Å²) in [5.41, 5.74) is 5.70. The van der Waals surface area contributed by atoms with Gasteiger partial charge >= 0.3 is 13.5 Å². The van der Waals surface area contributed by atoms with Gasteiger partial charge in [0.15, 0.2) is 17.0 Å². The molecule has 1 aliphatic rings. The van der Waals surface area contributed by atoms with E-state index in [1.807, 2.05) is 0 Å². The van der Waals surface area contributed by atoms with Gasteiger partial charge in [-0.1, -0.05) is 24.8 Å². The van der Waals surface area contributed by atoms with Crippen LogP contribution in [0.3, 0.4) is 0 Å². The zero-order valence-electron chi connectivity index (χ0n) is 21.1. The number of nitrogen functional groups attached to an aromatic ring is 1. The van der Waals surface area contributed by atoms with Crippen LogP contribution >= 0.6 is 7.52 Å². The molecule has 1 aromatic carbocycles. The maximum Gasteiger partial charge on any atom is 0.346 e. The molecule has 0 amide bonds. The van der Waals surface area contributed by atoms with Crippen LogP contribution in [0.5, 0.6) is 5.75 Å². The molecule has 14 heteroatoms. The van der Waals surface area contributed by atoms with E-state index in [1.165, 1.54) is 17.8 Å². The van der Waals surface area contributed by atoms with Gasteiger partial charge in [0.1, 0.15) is 11.8 Å². The zero-order valence-corrected chi connectivity index (χ0v) is 22.0. The van der Waals surface area contributed by atoms with Crippen LogP contribution in [0.2, 0.25) is 0 Å². The number of ether oxygens (including phenoxy) is 1. The van der Waals surface area contributed by atoms with E-state index >= 15 is 0 Å². The van der Waals surface area contributed by atoms with Gasteiger partial charge in [0.25, 0.3) is 5.56 Å². The Morgan fingerprint density at radius 2 is 2.00 bits per heavy atom. The molecule has 13 nitrogen and oxygen atoms in total. The average Bonchev–Trinajstić information content (AvgIpc) is 3.38. The van der Waals surface area contributed by atoms with Crippen LogP contribution in [0.15, 0.2) is 53.6 Å². The van der Waals surface area contributed by atoms with E-state index in [2.05, 4.69) is 26.6 Å². The first kappa shape index (κ1) is 27.5. The smallest absolute Gasteiger partial charge is 0.346 e. The molecule has 38 heavy (non-hydrogen) atoms. The summed E-state index contributed by atoms with van der Waals surface area (Å²) < 4.78 is 26.7. The molecule has 6 atom stereocenters. The summed E-state index contributed by atoms with van der Waals surface area (Å²) >= 11 is 0. The van der Waals surface area contributed by atoms with Crippen LogP contribution in [0.25, 0.3) is 11.2 Å². The summed E-state index contributed by atoms with van der Waals surface area (Å²) in [6.45, 7) is 8.85. The Morgan fingerprint density at radius 3 is 2.66 bits per heavy atom. The number of carbonyl (C=O) groups is 1. The molecule has 0 saturated heterocycles. The fourth-order valence-electron chi connectivity index (χ4n) is 4.51. The van der Waals surface area contributed by atoms with Gasteiger partial charge in [-0.25, -0.2) is 10.1 Å². The minimum absolute atomic E-state index is 0.0442.